The van der Waals surface area contributed by atoms with Crippen molar-refractivity contribution in [2.75, 3.05) is 5.75 Å². The number of hydrogen-bond donors (Lipinski definition) is 0. The van der Waals surface area contributed by atoms with Gasteiger partial charge in [-0.2, -0.15) is 0 Å². The van der Waals surface area contributed by atoms with E-state index < -0.39 is 13.0 Å². The van der Waals surface area contributed by atoms with Crippen molar-refractivity contribution in [1.82, 2.24) is 0 Å². The highest BCUT2D eigenvalue weighted by atomic mass is 35.6. The van der Waals surface area contributed by atoms with Crippen LogP contribution in [0.25, 0.3) is 0 Å². The van der Waals surface area contributed by atoms with Crippen LogP contribution >= 0.6 is 34.8 Å². The van der Waals surface area contributed by atoms with Gasteiger partial charge in [0.2, 0.25) is 0 Å². The van der Waals surface area contributed by atoms with E-state index >= 15 is 0 Å². The summed E-state index contributed by atoms with van der Waals surface area (Å²) in [6.07, 6.45) is 0.344. The minimum Gasteiger partial charge on any atom is -0.224 e. The molecule has 0 bridgehead atoms. The van der Waals surface area contributed by atoms with Crippen molar-refractivity contribution in [3.8, 4) is 0 Å². The Morgan fingerprint density at radius 1 is 1.07 bits per heavy atom. The van der Waals surface area contributed by atoms with Crippen molar-refractivity contribution in [2.24, 2.45) is 0 Å². The minimum absolute atomic E-state index is 0.173. The van der Waals surface area contributed by atoms with E-state index in [0.29, 0.717) is 6.42 Å². The average Bonchev–Trinajstić information content (AvgIpc) is 2.15. The Labute approximate surface area is 104 Å². The predicted molar refractivity (Wildman–Crippen MR) is 64.2 cm³/mol. The molecule has 0 aromatic heterocycles. The minimum atomic E-state index is -3.70. The number of alkyl halides is 3. The first-order valence-corrected chi connectivity index (χ1v) is 6.94. The van der Waals surface area contributed by atoms with Crippen molar-refractivity contribution in [2.45, 2.75) is 9.55 Å². The largest absolute Gasteiger partial charge is 0.292 e. The van der Waals surface area contributed by atoms with Gasteiger partial charge in [-0.05, 0) is 12.0 Å². The summed E-state index contributed by atoms with van der Waals surface area (Å²) in [5, 5.41) is 0. The first-order valence-electron chi connectivity index (χ1n) is 4.16. The zero-order valence-electron chi connectivity index (χ0n) is 7.66. The fraction of sp³-hybridized carbons (Fsp3) is 0.333. The van der Waals surface area contributed by atoms with Crippen LogP contribution in [0.5, 0.6) is 0 Å². The van der Waals surface area contributed by atoms with Crippen LogP contribution in [0.3, 0.4) is 0 Å². The molecule has 0 spiro atoms. The molecular formula is C9H9Cl3O2S. The summed E-state index contributed by atoms with van der Waals surface area (Å²) in [7, 11) is -3.70. The lowest BCUT2D eigenvalue weighted by Crippen LogP contribution is -2.23. The van der Waals surface area contributed by atoms with E-state index in [2.05, 4.69) is 0 Å². The van der Waals surface area contributed by atoms with Crippen LogP contribution in [0.4, 0.5) is 0 Å². The molecule has 6 heteroatoms. The van der Waals surface area contributed by atoms with Gasteiger partial charge in [-0.15, -0.1) is 0 Å². The van der Waals surface area contributed by atoms with Gasteiger partial charge in [-0.25, -0.2) is 8.42 Å². The van der Waals surface area contributed by atoms with E-state index in [1.165, 1.54) is 0 Å². The summed E-state index contributed by atoms with van der Waals surface area (Å²) < 4.78 is 20.6. The number of aryl methyl sites for hydroxylation is 1. The molecule has 0 radical (unpaired) electrons. The lowest BCUT2D eigenvalue weighted by atomic mass is 10.2. The Balaban J connectivity index is 2.67. The summed E-state index contributed by atoms with van der Waals surface area (Å²) in [6, 6.07) is 9.17. The molecule has 0 aliphatic carbocycles. The monoisotopic (exact) mass is 286 g/mol. The highest BCUT2D eigenvalue weighted by molar-refractivity contribution is 7.97. The van der Waals surface area contributed by atoms with Crippen molar-refractivity contribution in [1.29, 1.82) is 0 Å². The highest BCUT2D eigenvalue weighted by Gasteiger charge is 2.36. The number of halogens is 3. The van der Waals surface area contributed by atoms with Crippen molar-refractivity contribution >= 4 is 44.6 Å². The Hall–Kier alpha value is 0.0400. The average molecular weight is 288 g/mol. The molecule has 15 heavy (non-hydrogen) atoms. The molecule has 2 nitrogen and oxygen atoms in total. The first-order chi connectivity index (χ1) is 6.83. The summed E-state index contributed by atoms with van der Waals surface area (Å²) >= 11 is 16.0. The van der Waals surface area contributed by atoms with E-state index in [-0.39, 0.29) is 5.75 Å². The Kier molecular flexibility index (Phi) is 4.29. The lowest BCUT2D eigenvalue weighted by Gasteiger charge is -2.11. The van der Waals surface area contributed by atoms with Gasteiger partial charge in [0, 0.05) is 0 Å². The van der Waals surface area contributed by atoms with Crippen LogP contribution in [0.15, 0.2) is 30.3 Å². The van der Waals surface area contributed by atoms with Gasteiger partial charge in [0.05, 0.1) is 5.75 Å². The maximum atomic E-state index is 11.4. The Bertz CT molecular complexity index is 409. The summed E-state index contributed by atoms with van der Waals surface area (Å²) in [5.41, 5.74) is 0.898. The van der Waals surface area contributed by atoms with Gasteiger partial charge in [-0.3, -0.25) is 0 Å². The molecule has 0 aliphatic rings. The molecule has 0 saturated heterocycles. The van der Waals surface area contributed by atoms with Crippen LogP contribution in [0.1, 0.15) is 5.56 Å². The molecule has 84 valence electrons. The molecule has 0 N–H and O–H groups in total. The van der Waals surface area contributed by atoms with E-state index in [0.717, 1.165) is 5.56 Å². The highest BCUT2D eigenvalue weighted by Crippen LogP contribution is 2.33. The van der Waals surface area contributed by atoms with Crippen LogP contribution in [0.2, 0.25) is 0 Å². The van der Waals surface area contributed by atoms with Gasteiger partial charge in [0.15, 0.2) is 9.84 Å². The van der Waals surface area contributed by atoms with Crippen LogP contribution < -0.4 is 0 Å². The molecule has 1 aromatic carbocycles. The van der Waals surface area contributed by atoms with E-state index in [1.54, 1.807) is 0 Å². The third-order valence-corrected chi connectivity index (χ3v) is 5.42. The zero-order valence-corrected chi connectivity index (χ0v) is 10.7. The van der Waals surface area contributed by atoms with Gasteiger partial charge in [0.1, 0.15) is 0 Å². The standard InChI is InChI=1S/C9H9Cl3O2S/c10-9(11,12)15(13,14)7-6-8-4-2-1-3-5-8/h1-5H,6-7H2. The van der Waals surface area contributed by atoms with E-state index in [1.807, 2.05) is 30.3 Å². The summed E-state index contributed by atoms with van der Waals surface area (Å²) in [5.74, 6) is -0.173. The van der Waals surface area contributed by atoms with Gasteiger partial charge in [-0.1, -0.05) is 65.1 Å². The molecule has 0 amide bonds. The van der Waals surface area contributed by atoms with Gasteiger partial charge in [0.25, 0.3) is 3.12 Å². The maximum Gasteiger partial charge on any atom is 0.292 e. The second-order valence-electron chi connectivity index (χ2n) is 3.00. The third kappa shape index (κ3) is 3.83. The normalized spacial score (nSPS) is 12.7. The number of rotatable bonds is 3. The molecule has 0 heterocycles. The fourth-order valence-corrected chi connectivity index (χ4v) is 2.44. The molecule has 0 fully saturated rings. The molecule has 0 saturated carbocycles. The second-order valence-corrected chi connectivity index (χ2v) is 8.20. The lowest BCUT2D eigenvalue weighted by molar-refractivity contribution is 0.595. The van der Waals surface area contributed by atoms with Crippen molar-refractivity contribution in [3.05, 3.63) is 35.9 Å². The Morgan fingerprint density at radius 2 is 1.60 bits per heavy atom. The summed E-state index contributed by atoms with van der Waals surface area (Å²) in [4.78, 5) is 0. The van der Waals surface area contributed by atoms with Gasteiger partial charge >= 0.3 is 0 Å². The van der Waals surface area contributed by atoms with Crippen molar-refractivity contribution in [3.63, 3.8) is 0 Å². The molecule has 0 atom stereocenters. The SMILES string of the molecule is O=S(=O)(CCc1ccccc1)C(Cl)(Cl)Cl. The third-order valence-electron chi connectivity index (χ3n) is 1.85. The summed E-state index contributed by atoms with van der Waals surface area (Å²) in [6.45, 7) is 0. The topological polar surface area (TPSA) is 34.1 Å². The quantitative estimate of drug-likeness (QED) is 0.801. The molecule has 0 aliphatic heterocycles. The maximum absolute atomic E-state index is 11.4. The van der Waals surface area contributed by atoms with Crippen LogP contribution in [-0.4, -0.2) is 17.3 Å². The van der Waals surface area contributed by atoms with E-state index in [4.69, 9.17) is 34.8 Å². The molecule has 1 aromatic rings. The number of sulfone groups is 1. The molecule has 1 rings (SSSR count). The smallest absolute Gasteiger partial charge is 0.224 e. The molecular weight excluding hydrogens is 279 g/mol. The number of hydrogen-bond acceptors (Lipinski definition) is 2. The Morgan fingerprint density at radius 3 is 2.07 bits per heavy atom. The van der Waals surface area contributed by atoms with Crippen LogP contribution in [0, 0.1) is 0 Å². The van der Waals surface area contributed by atoms with Crippen molar-refractivity contribution < 1.29 is 8.42 Å². The van der Waals surface area contributed by atoms with Crippen LogP contribution in [-0.2, 0) is 16.3 Å². The second kappa shape index (κ2) is 4.91. The fourth-order valence-electron chi connectivity index (χ4n) is 1.01. The predicted octanol–water partition coefficient (Wildman–Crippen LogP) is 2.97. The zero-order chi connectivity index (χ0) is 11.5. The van der Waals surface area contributed by atoms with Gasteiger partial charge < -0.3 is 0 Å². The first kappa shape index (κ1) is 13.1. The number of benzene rings is 1. The molecule has 0 unspecified atom stereocenters. The van der Waals surface area contributed by atoms with E-state index in [9.17, 15) is 8.42 Å².